The highest BCUT2D eigenvalue weighted by Crippen LogP contribution is 2.33. The monoisotopic (exact) mass is 493 g/mol. The topological polar surface area (TPSA) is 97.8 Å². The molecule has 0 saturated carbocycles. The van der Waals surface area contributed by atoms with E-state index in [1.165, 1.54) is 0 Å². The molecule has 180 valence electrons. The van der Waals surface area contributed by atoms with Crippen LogP contribution in [0.3, 0.4) is 0 Å². The smallest absolute Gasteiger partial charge is 0.265 e. The first-order chi connectivity index (χ1) is 17.0. The Morgan fingerprint density at radius 3 is 2.74 bits per heavy atom. The van der Waals surface area contributed by atoms with E-state index in [4.69, 9.17) is 21.1 Å². The molecule has 2 aromatic carbocycles. The van der Waals surface area contributed by atoms with Crippen LogP contribution in [-0.2, 0) is 16.1 Å². The number of rotatable bonds is 10. The number of Topliss-reactive ketones (excluding diaryl/α,β-unsaturated/α-hetero) is 1. The van der Waals surface area contributed by atoms with Crippen LogP contribution in [0.5, 0.6) is 11.5 Å². The summed E-state index contributed by atoms with van der Waals surface area (Å²) in [4.78, 5) is 43.0. The number of halogens is 1. The molecule has 0 radical (unpaired) electrons. The second-order valence-corrected chi connectivity index (χ2v) is 8.36. The minimum absolute atomic E-state index is 0.0909. The number of fused-ring (bicyclic) bond motifs is 1. The van der Waals surface area contributed by atoms with E-state index in [-0.39, 0.29) is 37.2 Å². The van der Waals surface area contributed by atoms with Gasteiger partial charge in [-0.3, -0.25) is 19.4 Å². The van der Waals surface area contributed by atoms with Crippen LogP contribution in [0.2, 0.25) is 5.02 Å². The number of aromatic nitrogens is 1. The molecule has 0 bridgehead atoms. The Morgan fingerprint density at radius 2 is 1.94 bits per heavy atom. The van der Waals surface area contributed by atoms with Gasteiger partial charge < -0.3 is 19.7 Å². The summed E-state index contributed by atoms with van der Waals surface area (Å²) in [6.07, 6.45) is 4.07. The second-order valence-electron chi connectivity index (χ2n) is 7.92. The number of nitrogens with zero attached hydrogens (tertiary/aromatic N) is 2. The van der Waals surface area contributed by atoms with Crippen molar-refractivity contribution in [2.75, 3.05) is 24.7 Å². The Bertz CT molecular complexity index is 1220. The molecule has 4 rings (SSSR count). The summed E-state index contributed by atoms with van der Waals surface area (Å²) >= 11 is 5.95. The van der Waals surface area contributed by atoms with Crippen molar-refractivity contribution in [2.24, 2.45) is 0 Å². The molecule has 2 heterocycles. The molecule has 0 saturated heterocycles. The Labute approximate surface area is 207 Å². The fourth-order valence-corrected chi connectivity index (χ4v) is 3.78. The van der Waals surface area contributed by atoms with E-state index in [9.17, 15) is 14.4 Å². The largest absolute Gasteiger partial charge is 0.485 e. The molecule has 0 atom stereocenters. The number of hydrogen-bond donors (Lipinski definition) is 1. The molecule has 1 aliphatic rings. The van der Waals surface area contributed by atoms with Gasteiger partial charge in [-0.1, -0.05) is 17.7 Å². The molecule has 9 heteroatoms. The van der Waals surface area contributed by atoms with Gasteiger partial charge in [0.15, 0.2) is 19.0 Å². The normalized spacial score (nSPS) is 12.5. The standard InChI is InChI=1S/C26H24ClN3O5/c27-20-3-1-4-21(14-20)34-16-23(31)19-6-7-24-22(13-19)30(26(33)17-35-24)12-2-5-25(32)29-15-18-8-10-28-11-9-18/h1,3-4,6-11,13-14H,2,5,12,15-17H2,(H,29,32). The third-order valence-electron chi connectivity index (χ3n) is 5.41. The zero-order valence-corrected chi connectivity index (χ0v) is 19.7. The van der Waals surface area contributed by atoms with Crippen molar-refractivity contribution in [1.82, 2.24) is 10.3 Å². The molecule has 0 fully saturated rings. The number of ketones is 1. The van der Waals surface area contributed by atoms with Crippen molar-refractivity contribution >= 4 is 34.9 Å². The van der Waals surface area contributed by atoms with Crippen molar-refractivity contribution in [2.45, 2.75) is 19.4 Å². The Morgan fingerprint density at radius 1 is 1.11 bits per heavy atom. The Hall–Kier alpha value is -3.91. The van der Waals surface area contributed by atoms with E-state index in [0.29, 0.717) is 47.3 Å². The summed E-state index contributed by atoms with van der Waals surface area (Å²) in [5.41, 5.74) is 1.86. The molecule has 35 heavy (non-hydrogen) atoms. The maximum absolute atomic E-state index is 12.7. The molecule has 8 nitrogen and oxygen atoms in total. The average Bonchev–Trinajstić information content (AvgIpc) is 2.87. The SMILES string of the molecule is O=C(CCCN1C(=O)COc2ccc(C(=O)COc3cccc(Cl)c3)cc21)NCc1ccncc1. The fourth-order valence-electron chi connectivity index (χ4n) is 3.60. The number of pyridine rings is 1. The van der Waals surface area contributed by atoms with Gasteiger partial charge in [0.2, 0.25) is 5.91 Å². The molecule has 2 amide bonds. The van der Waals surface area contributed by atoms with Crippen LogP contribution < -0.4 is 19.7 Å². The van der Waals surface area contributed by atoms with Crippen molar-refractivity contribution in [1.29, 1.82) is 0 Å². The van der Waals surface area contributed by atoms with Gasteiger partial charge in [0.1, 0.15) is 11.5 Å². The van der Waals surface area contributed by atoms with E-state index in [1.807, 2.05) is 12.1 Å². The minimum Gasteiger partial charge on any atom is -0.485 e. The third kappa shape index (κ3) is 6.58. The minimum atomic E-state index is -0.249. The molecular weight excluding hydrogens is 470 g/mol. The van der Waals surface area contributed by atoms with Crippen molar-refractivity contribution in [3.05, 3.63) is 83.1 Å². The van der Waals surface area contributed by atoms with E-state index >= 15 is 0 Å². The fraction of sp³-hybridized carbons (Fsp3) is 0.231. The van der Waals surface area contributed by atoms with Gasteiger partial charge in [0.25, 0.3) is 5.91 Å². The van der Waals surface area contributed by atoms with Crippen LogP contribution in [-0.4, -0.2) is 42.3 Å². The average molecular weight is 494 g/mol. The van der Waals surface area contributed by atoms with Gasteiger partial charge in [-0.2, -0.15) is 0 Å². The van der Waals surface area contributed by atoms with Gasteiger partial charge >= 0.3 is 0 Å². The number of ether oxygens (including phenoxy) is 2. The summed E-state index contributed by atoms with van der Waals surface area (Å²) in [6.45, 7) is 0.482. The predicted molar refractivity (Wildman–Crippen MR) is 131 cm³/mol. The maximum atomic E-state index is 12.7. The van der Waals surface area contributed by atoms with Crippen LogP contribution >= 0.6 is 11.6 Å². The maximum Gasteiger partial charge on any atom is 0.265 e. The van der Waals surface area contributed by atoms with E-state index < -0.39 is 0 Å². The van der Waals surface area contributed by atoms with Gasteiger partial charge in [0.05, 0.1) is 5.69 Å². The highest BCUT2D eigenvalue weighted by Gasteiger charge is 2.26. The second kappa shape index (κ2) is 11.5. The van der Waals surface area contributed by atoms with Crippen molar-refractivity contribution in [3.8, 4) is 11.5 Å². The first-order valence-corrected chi connectivity index (χ1v) is 11.5. The quantitative estimate of drug-likeness (QED) is 0.431. The van der Waals surface area contributed by atoms with Crippen molar-refractivity contribution in [3.63, 3.8) is 0 Å². The third-order valence-corrected chi connectivity index (χ3v) is 5.65. The molecule has 1 N–H and O–H groups in total. The predicted octanol–water partition coefficient (Wildman–Crippen LogP) is 3.82. The van der Waals surface area contributed by atoms with Crippen LogP contribution in [0.4, 0.5) is 5.69 Å². The number of anilines is 1. The Kier molecular flexibility index (Phi) is 7.95. The van der Waals surface area contributed by atoms with Crippen LogP contribution in [0.1, 0.15) is 28.8 Å². The summed E-state index contributed by atoms with van der Waals surface area (Å²) < 4.78 is 11.1. The first kappa shape index (κ1) is 24.2. The molecule has 0 aliphatic carbocycles. The lowest BCUT2D eigenvalue weighted by atomic mass is 10.1. The Balaban J connectivity index is 1.34. The lowest BCUT2D eigenvalue weighted by Crippen LogP contribution is -2.40. The number of hydrogen-bond acceptors (Lipinski definition) is 6. The lowest BCUT2D eigenvalue weighted by Gasteiger charge is -2.29. The van der Waals surface area contributed by atoms with E-state index in [2.05, 4.69) is 10.3 Å². The van der Waals surface area contributed by atoms with Crippen LogP contribution in [0.15, 0.2) is 67.0 Å². The van der Waals surface area contributed by atoms with Crippen molar-refractivity contribution < 1.29 is 23.9 Å². The molecule has 3 aromatic rings. The molecule has 1 aliphatic heterocycles. The summed E-state index contributed by atoms with van der Waals surface area (Å²) in [5.74, 6) is 0.422. The van der Waals surface area contributed by atoms with Gasteiger partial charge in [-0.05, 0) is 60.5 Å². The zero-order chi connectivity index (χ0) is 24.6. The highest BCUT2D eigenvalue weighted by molar-refractivity contribution is 6.30. The summed E-state index contributed by atoms with van der Waals surface area (Å²) in [6, 6.07) is 15.4. The van der Waals surface area contributed by atoms with Crippen LogP contribution in [0, 0.1) is 0 Å². The zero-order valence-electron chi connectivity index (χ0n) is 18.9. The van der Waals surface area contributed by atoms with E-state index in [1.54, 1.807) is 59.8 Å². The number of benzene rings is 2. The summed E-state index contributed by atoms with van der Waals surface area (Å²) in [5, 5.41) is 3.38. The lowest BCUT2D eigenvalue weighted by molar-refractivity contribution is -0.123. The number of amides is 2. The number of carbonyl (C=O) groups excluding carboxylic acids is 3. The number of nitrogens with one attached hydrogen (secondary N) is 1. The number of carbonyl (C=O) groups is 3. The van der Waals surface area contributed by atoms with Gasteiger partial charge in [-0.25, -0.2) is 0 Å². The molecule has 0 spiro atoms. The molecule has 0 unspecified atom stereocenters. The van der Waals surface area contributed by atoms with Gasteiger partial charge in [-0.15, -0.1) is 0 Å². The van der Waals surface area contributed by atoms with E-state index in [0.717, 1.165) is 5.56 Å². The summed E-state index contributed by atoms with van der Waals surface area (Å²) in [7, 11) is 0. The first-order valence-electron chi connectivity index (χ1n) is 11.1. The van der Waals surface area contributed by atoms with Gasteiger partial charge in [0, 0.05) is 42.5 Å². The molecular formula is C26H24ClN3O5. The highest BCUT2D eigenvalue weighted by atomic mass is 35.5. The molecule has 1 aromatic heterocycles. The van der Waals surface area contributed by atoms with Crippen LogP contribution in [0.25, 0.3) is 0 Å².